The van der Waals surface area contributed by atoms with Gasteiger partial charge in [0.1, 0.15) is 5.82 Å². The minimum Gasteiger partial charge on any atom is -0.346 e. The summed E-state index contributed by atoms with van der Waals surface area (Å²) in [5.41, 5.74) is 3.13. The molecule has 0 spiro atoms. The van der Waals surface area contributed by atoms with E-state index >= 15 is 0 Å². The molecule has 2 N–H and O–H groups in total. The number of benzene rings is 2. The van der Waals surface area contributed by atoms with Crippen molar-refractivity contribution in [2.75, 3.05) is 0 Å². The molecular formula is C20H21N3O. The van der Waals surface area contributed by atoms with Crippen LogP contribution < -0.4 is 5.32 Å². The molecule has 1 saturated carbocycles. The van der Waals surface area contributed by atoms with E-state index in [4.69, 9.17) is 4.98 Å². The maximum Gasteiger partial charge on any atom is 0.223 e. The first-order valence-electron chi connectivity index (χ1n) is 8.58. The lowest BCUT2D eigenvalue weighted by atomic mass is 9.84. The Morgan fingerprint density at radius 2 is 1.88 bits per heavy atom. The summed E-state index contributed by atoms with van der Waals surface area (Å²) in [6.07, 6.45) is 3.90. The van der Waals surface area contributed by atoms with Crippen LogP contribution in [0.1, 0.15) is 36.7 Å². The second kappa shape index (κ2) is 6.48. The van der Waals surface area contributed by atoms with Gasteiger partial charge in [-0.05, 0) is 37.0 Å². The number of imidazole rings is 1. The molecule has 4 heteroatoms. The van der Waals surface area contributed by atoms with Crippen LogP contribution in [0.15, 0.2) is 54.6 Å². The summed E-state index contributed by atoms with van der Waals surface area (Å²) in [6.45, 7) is 0. The van der Waals surface area contributed by atoms with Gasteiger partial charge in [-0.3, -0.25) is 4.79 Å². The van der Waals surface area contributed by atoms with Gasteiger partial charge in [0.05, 0.1) is 17.1 Å². The molecule has 0 aliphatic heterocycles. The molecular weight excluding hydrogens is 298 g/mol. The van der Waals surface area contributed by atoms with Crippen molar-refractivity contribution in [3.05, 3.63) is 66.0 Å². The van der Waals surface area contributed by atoms with E-state index in [0.29, 0.717) is 0 Å². The summed E-state index contributed by atoms with van der Waals surface area (Å²) in [4.78, 5) is 20.5. The summed E-state index contributed by atoms with van der Waals surface area (Å²) in [5.74, 6) is 1.16. The lowest BCUT2D eigenvalue weighted by Gasteiger charge is -2.27. The maximum atomic E-state index is 12.5. The van der Waals surface area contributed by atoms with E-state index in [-0.39, 0.29) is 17.9 Å². The Hall–Kier alpha value is -2.62. The van der Waals surface area contributed by atoms with Gasteiger partial charge in [0.25, 0.3) is 0 Å². The fraction of sp³-hybridized carbons (Fsp3) is 0.300. The van der Waals surface area contributed by atoms with Crippen LogP contribution in [0.4, 0.5) is 0 Å². The molecule has 1 atom stereocenters. The van der Waals surface area contributed by atoms with Crippen molar-refractivity contribution in [2.45, 2.75) is 31.7 Å². The summed E-state index contributed by atoms with van der Waals surface area (Å²) < 4.78 is 0. The van der Waals surface area contributed by atoms with E-state index in [0.717, 1.165) is 42.5 Å². The first kappa shape index (κ1) is 14.9. The molecule has 1 aliphatic carbocycles. The number of hydrogen-bond donors (Lipinski definition) is 2. The summed E-state index contributed by atoms with van der Waals surface area (Å²) in [5, 5.41) is 3.21. The Morgan fingerprint density at radius 1 is 1.12 bits per heavy atom. The van der Waals surface area contributed by atoms with E-state index in [2.05, 4.69) is 22.4 Å². The fourth-order valence-corrected chi connectivity index (χ4v) is 3.16. The molecule has 0 radical (unpaired) electrons. The zero-order valence-corrected chi connectivity index (χ0v) is 13.5. The molecule has 24 heavy (non-hydrogen) atoms. The molecule has 0 bridgehead atoms. The minimum atomic E-state index is -0.132. The Kier molecular flexibility index (Phi) is 4.03. The van der Waals surface area contributed by atoms with Gasteiger partial charge in [-0.2, -0.15) is 0 Å². The number of aromatic nitrogens is 2. The first-order valence-corrected chi connectivity index (χ1v) is 8.58. The van der Waals surface area contributed by atoms with Crippen molar-refractivity contribution < 1.29 is 4.79 Å². The van der Waals surface area contributed by atoms with Crippen molar-refractivity contribution >= 4 is 16.9 Å². The standard InChI is InChI=1S/C20H21N3O/c24-20(15-9-6-10-15)23-18(13-14-7-2-1-3-8-14)19-21-16-11-4-5-12-17(16)22-19/h1-5,7-8,11-12,15,18H,6,9-10,13H2,(H,21,22)(H,23,24)/t18-/m0/s1. The second-order valence-corrected chi connectivity index (χ2v) is 6.52. The SMILES string of the molecule is O=C(N[C@@H](Cc1ccccc1)c1nc2ccccc2[nH]1)C1CCC1. The molecule has 1 amide bonds. The van der Waals surface area contributed by atoms with Gasteiger partial charge >= 0.3 is 0 Å². The Balaban J connectivity index is 1.62. The number of rotatable bonds is 5. The highest BCUT2D eigenvalue weighted by atomic mass is 16.2. The Bertz CT molecular complexity index is 803. The fourth-order valence-electron chi connectivity index (χ4n) is 3.16. The zero-order valence-electron chi connectivity index (χ0n) is 13.5. The topological polar surface area (TPSA) is 57.8 Å². The van der Waals surface area contributed by atoms with Gasteiger partial charge < -0.3 is 10.3 Å². The quantitative estimate of drug-likeness (QED) is 0.752. The van der Waals surface area contributed by atoms with Gasteiger partial charge in [0, 0.05) is 5.92 Å². The number of para-hydroxylation sites is 2. The highest BCUT2D eigenvalue weighted by Gasteiger charge is 2.28. The number of H-pyrrole nitrogens is 1. The van der Waals surface area contributed by atoms with E-state index < -0.39 is 0 Å². The van der Waals surface area contributed by atoms with Gasteiger partial charge in [0.15, 0.2) is 0 Å². The van der Waals surface area contributed by atoms with Crippen LogP contribution in [0, 0.1) is 5.92 Å². The summed E-state index contributed by atoms with van der Waals surface area (Å²) in [6, 6.07) is 18.1. The number of carbonyl (C=O) groups is 1. The van der Waals surface area contributed by atoms with Gasteiger partial charge in [-0.15, -0.1) is 0 Å². The van der Waals surface area contributed by atoms with Crippen LogP contribution in [0.25, 0.3) is 11.0 Å². The van der Waals surface area contributed by atoms with Crippen LogP contribution in [0.2, 0.25) is 0 Å². The first-order chi connectivity index (χ1) is 11.8. The van der Waals surface area contributed by atoms with Crippen molar-refractivity contribution in [2.24, 2.45) is 5.92 Å². The highest BCUT2D eigenvalue weighted by Crippen LogP contribution is 2.28. The highest BCUT2D eigenvalue weighted by molar-refractivity contribution is 5.80. The number of aromatic amines is 1. The molecule has 2 aromatic carbocycles. The molecule has 4 rings (SSSR count). The molecule has 4 nitrogen and oxygen atoms in total. The van der Waals surface area contributed by atoms with Crippen molar-refractivity contribution in [1.29, 1.82) is 0 Å². The normalized spacial score (nSPS) is 15.8. The number of hydrogen-bond acceptors (Lipinski definition) is 2. The molecule has 1 heterocycles. The molecule has 0 unspecified atom stereocenters. The number of nitrogens with one attached hydrogen (secondary N) is 2. The van der Waals surface area contributed by atoms with E-state index in [1.165, 1.54) is 5.56 Å². The van der Waals surface area contributed by atoms with Crippen molar-refractivity contribution in [3.8, 4) is 0 Å². The predicted octanol–water partition coefficient (Wildman–Crippen LogP) is 3.76. The van der Waals surface area contributed by atoms with Crippen LogP contribution in [0.5, 0.6) is 0 Å². The maximum absolute atomic E-state index is 12.5. The summed E-state index contributed by atoms with van der Waals surface area (Å²) in [7, 11) is 0. The van der Waals surface area contributed by atoms with E-state index in [1.54, 1.807) is 0 Å². The molecule has 122 valence electrons. The summed E-state index contributed by atoms with van der Waals surface area (Å²) >= 11 is 0. The monoisotopic (exact) mass is 319 g/mol. The van der Waals surface area contributed by atoms with Crippen LogP contribution in [-0.4, -0.2) is 15.9 Å². The molecule has 1 aromatic heterocycles. The Morgan fingerprint density at radius 3 is 2.58 bits per heavy atom. The molecule has 0 saturated heterocycles. The largest absolute Gasteiger partial charge is 0.346 e. The predicted molar refractivity (Wildman–Crippen MR) is 94.5 cm³/mol. The lowest BCUT2D eigenvalue weighted by molar-refractivity contribution is -0.128. The van der Waals surface area contributed by atoms with E-state index in [1.807, 2.05) is 42.5 Å². The molecule has 3 aromatic rings. The third-order valence-electron chi connectivity index (χ3n) is 4.81. The van der Waals surface area contributed by atoms with Crippen LogP contribution in [-0.2, 0) is 11.2 Å². The lowest BCUT2D eigenvalue weighted by Crippen LogP contribution is -2.38. The number of carbonyl (C=O) groups excluding carboxylic acids is 1. The second-order valence-electron chi connectivity index (χ2n) is 6.52. The van der Waals surface area contributed by atoms with Gasteiger partial charge in [0.2, 0.25) is 5.91 Å². The number of nitrogens with zero attached hydrogens (tertiary/aromatic N) is 1. The third-order valence-corrected chi connectivity index (χ3v) is 4.81. The smallest absolute Gasteiger partial charge is 0.223 e. The van der Waals surface area contributed by atoms with Crippen molar-refractivity contribution in [1.82, 2.24) is 15.3 Å². The molecule has 1 fully saturated rings. The number of amides is 1. The van der Waals surface area contributed by atoms with Gasteiger partial charge in [-0.25, -0.2) is 4.98 Å². The zero-order chi connectivity index (χ0) is 16.4. The van der Waals surface area contributed by atoms with Gasteiger partial charge in [-0.1, -0.05) is 48.9 Å². The van der Waals surface area contributed by atoms with Crippen LogP contribution in [0.3, 0.4) is 0 Å². The third kappa shape index (κ3) is 3.04. The van der Waals surface area contributed by atoms with Crippen molar-refractivity contribution in [3.63, 3.8) is 0 Å². The Labute approximate surface area is 141 Å². The van der Waals surface area contributed by atoms with E-state index in [9.17, 15) is 4.79 Å². The minimum absolute atomic E-state index is 0.132. The average molecular weight is 319 g/mol. The average Bonchev–Trinajstić information content (AvgIpc) is 2.97. The number of fused-ring (bicyclic) bond motifs is 1. The molecule has 1 aliphatic rings. The van der Waals surface area contributed by atoms with Crippen LogP contribution >= 0.6 is 0 Å².